The third-order valence-electron chi connectivity index (χ3n) is 6.23. The molecule has 2 saturated heterocycles. The van der Waals surface area contributed by atoms with E-state index in [2.05, 4.69) is 46.4 Å². The van der Waals surface area contributed by atoms with Crippen molar-refractivity contribution < 1.29 is 4.79 Å². The maximum atomic E-state index is 12.7. The second kappa shape index (κ2) is 9.29. The van der Waals surface area contributed by atoms with Crippen LogP contribution in [0.4, 0.5) is 11.5 Å². The van der Waals surface area contributed by atoms with E-state index < -0.39 is 0 Å². The average Bonchev–Trinajstić information content (AvgIpc) is 2.79. The van der Waals surface area contributed by atoms with Crippen LogP contribution in [0.2, 0.25) is 0 Å². The van der Waals surface area contributed by atoms with E-state index in [4.69, 9.17) is 0 Å². The van der Waals surface area contributed by atoms with Gasteiger partial charge in [-0.05, 0) is 61.8 Å². The number of likely N-dealkylation sites (tertiary alicyclic amines) is 1. The van der Waals surface area contributed by atoms with Crippen molar-refractivity contribution in [3.8, 4) is 0 Å². The highest BCUT2D eigenvalue weighted by Gasteiger charge is 2.21. The van der Waals surface area contributed by atoms with Crippen molar-refractivity contribution in [2.75, 3.05) is 36.4 Å². The van der Waals surface area contributed by atoms with Crippen LogP contribution in [0.25, 0.3) is 0 Å². The number of hydrogen-bond acceptors (Lipinski definition) is 4. The van der Waals surface area contributed by atoms with E-state index in [-0.39, 0.29) is 5.91 Å². The normalized spacial score (nSPS) is 18.0. The van der Waals surface area contributed by atoms with Crippen LogP contribution >= 0.6 is 0 Å². The second-order valence-corrected chi connectivity index (χ2v) is 8.44. The molecule has 5 nitrogen and oxygen atoms in total. The average molecular weight is 393 g/mol. The van der Waals surface area contributed by atoms with Gasteiger partial charge in [-0.25, -0.2) is 4.98 Å². The molecule has 0 unspecified atom stereocenters. The Hall–Kier alpha value is -2.56. The third-order valence-corrected chi connectivity index (χ3v) is 6.23. The number of carbonyl (C=O) groups excluding carboxylic acids is 1. The lowest BCUT2D eigenvalue weighted by atomic mass is 9.99. The van der Waals surface area contributed by atoms with Gasteiger partial charge in [-0.2, -0.15) is 0 Å². The Morgan fingerprint density at radius 2 is 1.79 bits per heavy atom. The molecule has 2 fully saturated rings. The fourth-order valence-corrected chi connectivity index (χ4v) is 4.31. The standard InChI is InChI=1S/C24H32N4O/c1-19-11-15-28(16-12-19)24(29)21-9-10-23(26-18-21)25-17-20-7-3-4-8-22(20)27-13-5-2-6-14-27/h3-4,7-10,18-19H,2,5-6,11-17H2,1H3,(H,25,26). The van der Waals surface area contributed by atoms with Crippen molar-refractivity contribution in [3.05, 3.63) is 53.7 Å². The van der Waals surface area contributed by atoms with Gasteiger partial charge in [0.15, 0.2) is 0 Å². The molecule has 3 heterocycles. The van der Waals surface area contributed by atoms with E-state index in [9.17, 15) is 4.79 Å². The number of amides is 1. The maximum absolute atomic E-state index is 12.7. The number of piperidine rings is 2. The van der Waals surface area contributed by atoms with Crippen molar-refractivity contribution in [2.24, 2.45) is 5.92 Å². The first-order valence-corrected chi connectivity index (χ1v) is 11.0. The molecular formula is C24H32N4O. The molecule has 0 spiro atoms. The lowest BCUT2D eigenvalue weighted by Crippen LogP contribution is -2.37. The fourth-order valence-electron chi connectivity index (χ4n) is 4.31. The van der Waals surface area contributed by atoms with Crippen LogP contribution in [0.15, 0.2) is 42.6 Å². The quantitative estimate of drug-likeness (QED) is 0.811. The van der Waals surface area contributed by atoms with Crippen LogP contribution in [0.3, 0.4) is 0 Å². The SMILES string of the molecule is CC1CCN(C(=O)c2ccc(NCc3ccccc3N3CCCCC3)nc2)CC1. The Kier molecular flexibility index (Phi) is 6.33. The lowest BCUT2D eigenvalue weighted by Gasteiger charge is -2.30. The summed E-state index contributed by atoms with van der Waals surface area (Å²) in [6, 6.07) is 12.4. The summed E-state index contributed by atoms with van der Waals surface area (Å²) in [4.78, 5) is 21.6. The number of nitrogens with zero attached hydrogens (tertiary/aromatic N) is 3. The highest BCUT2D eigenvalue weighted by atomic mass is 16.2. The summed E-state index contributed by atoms with van der Waals surface area (Å²) in [7, 11) is 0. The van der Waals surface area contributed by atoms with Gasteiger partial charge in [0.1, 0.15) is 5.82 Å². The van der Waals surface area contributed by atoms with Gasteiger partial charge >= 0.3 is 0 Å². The molecule has 29 heavy (non-hydrogen) atoms. The van der Waals surface area contributed by atoms with Gasteiger partial charge in [0.05, 0.1) is 5.56 Å². The van der Waals surface area contributed by atoms with Crippen molar-refractivity contribution >= 4 is 17.4 Å². The maximum Gasteiger partial charge on any atom is 0.255 e. The Morgan fingerprint density at radius 3 is 2.52 bits per heavy atom. The van der Waals surface area contributed by atoms with Gasteiger partial charge in [0, 0.05) is 44.6 Å². The van der Waals surface area contributed by atoms with Crippen LogP contribution in [-0.4, -0.2) is 42.0 Å². The van der Waals surface area contributed by atoms with Crippen molar-refractivity contribution in [2.45, 2.75) is 45.6 Å². The molecule has 154 valence electrons. The topological polar surface area (TPSA) is 48.5 Å². The van der Waals surface area contributed by atoms with E-state index >= 15 is 0 Å². The van der Waals surface area contributed by atoms with Crippen LogP contribution in [-0.2, 0) is 6.54 Å². The minimum absolute atomic E-state index is 0.103. The van der Waals surface area contributed by atoms with Crippen molar-refractivity contribution in [1.29, 1.82) is 0 Å². The largest absolute Gasteiger partial charge is 0.371 e. The molecule has 1 aromatic carbocycles. The number of anilines is 2. The predicted molar refractivity (Wildman–Crippen MR) is 118 cm³/mol. The Balaban J connectivity index is 1.37. The first-order valence-electron chi connectivity index (χ1n) is 11.0. The molecule has 0 saturated carbocycles. The Morgan fingerprint density at radius 1 is 1.03 bits per heavy atom. The van der Waals surface area contributed by atoms with Crippen LogP contribution in [0.1, 0.15) is 54.9 Å². The molecule has 2 aliphatic rings. The second-order valence-electron chi connectivity index (χ2n) is 8.44. The minimum Gasteiger partial charge on any atom is -0.371 e. The number of nitrogens with one attached hydrogen (secondary N) is 1. The van der Waals surface area contributed by atoms with Gasteiger partial charge in [-0.15, -0.1) is 0 Å². The van der Waals surface area contributed by atoms with E-state index in [1.807, 2.05) is 17.0 Å². The van der Waals surface area contributed by atoms with Crippen molar-refractivity contribution in [1.82, 2.24) is 9.88 Å². The zero-order valence-corrected chi connectivity index (χ0v) is 17.4. The molecule has 1 amide bonds. The van der Waals surface area contributed by atoms with E-state index in [0.717, 1.165) is 57.3 Å². The van der Waals surface area contributed by atoms with Crippen LogP contribution < -0.4 is 10.2 Å². The van der Waals surface area contributed by atoms with E-state index in [0.29, 0.717) is 5.56 Å². The van der Waals surface area contributed by atoms with Gasteiger partial charge in [0.2, 0.25) is 0 Å². The van der Waals surface area contributed by atoms with Gasteiger partial charge < -0.3 is 15.1 Å². The van der Waals surface area contributed by atoms with Crippen molar-refractivity contribution in [3.63, 3.8) is 0 Å². The molecular weight excluding hydrogens is 360 g/mol. The summed E-state index contributed by atoms with van der Waals surface area (Å²) in [6.07, 6.45) is 7.77. The number of hydrogen-bond donors (Lipinski definition) is 1. The monoisotopic (exact) mass is 392 g/mol. The molecule has 0 aliphatic carbocycles. The summed E-state index contributed by atoms with van der Waals surface area (Å²) in [5, 5.41) is 3.43. The molecule has 1 aromatic heterocycles. The summed E-state index contributed by atoms with van der Waals surface area (Å²) in [6.45, 7) is 6.98. The number of rotatable bonds is 5. The van der Waals surface area contributed by atoms with Crippen LogP contribution in [0.5, 0.6) is 0 Å². The smallest absolute Gasteiger partial charge is 0.255 e. The molecule has 0 bridgehead atoms. The summed E-state index contributed by atoms with van der Waals surface area (Å²) < 4.78 is 0. The number of aromatic nitrogens is 1. The predicted octanol–water partition coefficient (Wildman–Crippen LogP) is 4.56. The van der Waals surface area contributed by atoms with E-state index in [1.165, 1.54) is 30.5 Å². The third kappa shape index (κ3) is 4.89. The molecule has 0 atom stereocenters. The number of para-hydroxylation sites is 1. The summed E-state index contributed by atoms with van der Waals surface area (Å²) in [5.74, 6) is 1.63. The Bertz CT molecular complexity index is 806. The minimum atomic E-state index is 0.103. The number of pyridine rings is 1. The lowest BCUT2D eigenvalue weighted by molar-refractivity contribution is 0.0697. The summed E-state index contributed by atoms with van der Waals surface area (Å²) in [5.41, 5.74) is 3.29. The highest BCUT2D eigenvalue weighted by Crippen LogP contribution is 2.25. The Labute approximate surface area is 174 Å². The van der Waals surface area contributed by atoms with E-state index in [1.54, 1.807) is 6.20 Å². The molecule has 4 rings (SSSR count). The highest BCUT2D eigenvalue weighted by molar-refractivity contribution is 5.94. The molecule has 5 heteroatoms. The first-order chi connectivity index (χ1) is 14.2. The van der Waals surface area contributed by atoms with Gasteiger partial charge in [-0.1, -0.05) is 25.1 Å². The summed E-state index contributed by atoms with van der Waals surface area (Å²) >= 11 is 0. The fraction of sp³-hybridized carbons (Fsp3) is 0.500. The molecule has 2 aliphatic heterocycles. The van der Waals surface area contributed by atoms with Gasteiger partial charge in [-0.3, -0.25) is 4.79 Å². The zero-order chi connectivity index (χ0) is 20.1. The molecule has 0 radical (unpaired) electrons. The van der Waals surface area contributed by atoms with Crippen LogP contribution in [0, 0.1) is 5.92 Å². The number of benzene rings is 1. The van der Waals surface area contributed by atoms with Gasteiger partial charge in [0.25, 0.3) is 5.91 Å². The first kappa shape index (κ1) is 19.7. The molecule has 2 aromatic rings. The zero-order valence-electron chi connectivity index (χ0n) is 17.4. The number of carbonyl (C=O) groups is 1. The molecule has 1 N–H and O–H groups in total.